The highest BCUT2D eigenvalue weighted by Crippen LogP contribution is 2.29. The van der Waals surface area contributed by atoms with Crippen LogP contribution in [0.15, 0.2) is 42.7 Å². The number of benzene rings is 1. The standard InChI is InChI=1S/C16H16N4O/c1-11-17-8-6-12(20-11)10-19-16-14-4-3-5-15(21-2)13(14)7-9-18-16/h3-9H,10H2,1-2H3,(H,18,19). The van der Waals surface area contributed by atoms with Crippen LogP contribution >= 0.6 is 0 Å². The zero-order valence-corrected chi connectivity index (χ0v) is 12.0. The summed E-state index contributed by atoms with van der Waals surface area (Å²) in [7, 11) is 1.67. The van der Waals surface area contributed by atoms with E-state index in [1.54, 1.807) is 19.5 Å². The highest BCUT2D eigenvalue weighted by Gasteiger charge is 2.06. The number of ether oxygens (including phenoxy) is 1. The molecular formula is C16H16N4O. The maximum Gasteiger partial charge on any atom is 0.134 e. The lowest BCUT2D eigenvalue weighted by Crippen LogP contribution is -2.05. The maximum absolute atomic E-state index is 5.38. The molecule has 21 heavy (non-hydrogen) atoms. The van der Waals surface area contributed by atoms with Crippen molar-refractivity contribution in [3.8, 4) is 5.75 Å². The summed E-state index contributed by atoms with van der Waals surface area (Å²) in [6.45, 7) is 2.48. The molecule has 0 saturated carbocycles. The number of nitrogens with one attached hydrogen (secondary N) is 1. The van der Waals surface area contributed by atoms with Gasteiger partial charge in [-0.2, -0.15) is 0 Å². The van der Waals surface area contributed by atoms with E-state index in [2.05, 4.69) is 20.3 Å². The Morgan fingerprint density at radius 1 is 1.05 bits per heavy atom. The number of fused-ring (bicyclic) bond motifs is 1. The topological polar surface area (TPSA) is 59.9 Å². The Bertz CT molecular complexity index is 773. The zero-order chi connectivity index (χ0) is 14.7. The monoisotopic (exact) mass is 280 g/mol. The van der Waals surface area contributed by atoms with Crippen LogP contribution < -0.4 is 10.1 Å². The molecule has 1 N–H and O–H groups in total. The Morgan fingerprint density at radius 3 is 2.71 bits per heavy atom. The van der Waals surface area contributed by atoms with E-state index < -0.39 is 0 Å². The first-order chi connectivity index (χ1) is 10.3. The minimum Gasteiger partial charge on any atom is -0.496 e. The fourth-order valence-corrected chi connectivity index (χ4v) is 2.28. The van der Waals surface area contributed by atoms with Crippen molar-refractivity contribution >= 4 is 16.6 Å². The number of anilines is 1. The average molecular weight is 280 g/mol. The molecule has 0 amide bonds. The third kappa shape index (κ3) is 2.76. The van der Waals surface area contributed by atoms with Crippen molar-refractivity contribution in [3.63, 3.8) is 0 Å². The molecule has 0 radical (unpaired) electrons. The molecule has 3 aromatic rings. The predicted molar refractivity (Wildman–Crippen MR) is 82.4 cm³/mol. The number of aromatic nitrogens is 3. The second-order valence-corrected chi connectivity index (χ2v) is 4.66. The first kappa shape index (κ1) is 13.3. The molecule has 0 spiro atoms. The molecule has 0 aliphatic carbocycles. The van der Waals surface area contributed by atoms with E-state index in [9.17, 15) is 0 Å². The van der Waals surface area contributed by atoms with E-state index in [-0.39, 0.29) is 0 Å². The van der Waals surface area contributed by atoms with Crippen LogP contribution in [0.4, 0.5) is 5.82 Å². The largest absolute Gasteiger partial charge is 0.496 e. The SMILES string of the molecule is COc1cccc2c(NCc3ccnc(C)n3)nccc12. The van der Waals surface area contributed by atoms with Crippen molar-refractivity contribution in [2.24, 2.45) is 0 Å². The minimum absolute atomic E-state index is 0.604. The Kier molecular flexibility index (Phi) is 3.64. The van der Waals surface area contributed by atoms with Crippen molar-refractivity contribution in [2.75, 3.05) is 12.4 Å². The van der Waals surface area contributed by atoms with Crippen molar-refractivity contribution in [1.82, 2.24) is 15.0 Å². The van der Waals surface area contributed by atoms with Gasteiger partial charge in [0.15, 0.2) is 0 Å². The maximum atomic E-state index is 5.38. The van der Waals surface area contributed by atoms with Gasteiger partial charge in [0, 0.05) is 23.2 Å². The van der Waals surface area contributed by atoms with E-state index in [1.165, 1.54) is 0 Å². The zero-order valence-electron chi connectivity index (χ0n) is 12.0. The normalized spacial score (nSPS) is 10.6. The van der Waals surface area contributed by atoms with Crippen LogP contribution in [-0.2, 0) is 6.54 Å². The molecule has 2 aromatic heterocycles. The van der Waals surface area contributed by atoms with E-state index in [4.69, 9.17) is 4.74 Å². The lowest BCUT2D eigenvalue weighted by molar-refractivity contribution is 0.420. The van der Waals surface area contributed by atoms with Gasteiger partial charge in [-0.1, -0.05) is 12.1 Å². The summed E-state index contributed by atoms with van der Waals surface area (Å²) in [5, 5.41) is 5.39. The first-order valence-corrected chi connectivity index (χ1v) is 6.72. The van der Waals surface area contributed by atoms with Crippen molar-refractivity contribution in [2.45, 2.75) is 13.5 Å². The van der Waals surface area contributed by atoms with E-state index in [0.29, 0.717) is 6.54 Å². The van der Waals surface area contributed by atoms with Gasteiger partial charge in [0.25, 0.3) is 0 Å². The molecule has 5 nitrogen and oxygen atoms in total. The third-order valence-electron chi connectivity index (χ3n) is 3.26. The highest BCUT2D eigenvalue weighted by atomic mass is 16.5. The lowest BCUT2D eigenvalue weighted by Gasteiger charge is -2.10. The molecule has 5 heteroatoms. The van der Waals surface area contributed by atoms with Crippen LogP contribution in [0.1, 0.15) is 11.5 Å². The summed E-state index contributed by atoms with van der Waals surface area (Å²) in [6, 6.07) is 9.78. The number of hydrogen-bond acceptors (Lipinski definition) is 5. The lowest BCUT2D eigenvalue weighted by atomic mass is 10.1. The Labute approximate surface area is 123 Å². The third-order valence-corrected chi connectivity index (χ3v) is 3.26. The molecule has 0 aliphatic heterocycles. The number of pyridine rings is 1. The second-order valence-electron chi connectivity index (χ2n) is 4.66. The van der Waals surface area contributed by atoms with Crippen LogP contribution in [0, 0.1) is 6.92 Å². The number of hydrogen-bond donors (Lipinski definition) is 1. The van der Waals surface area contributed by atoms with Gasteiger partial charge < -0.3 is 10.1 Å². The Hall–Kier alpha value is -2.69. The fourth-order valence-electron chi connectivity index (χ4n) is 2.28. The Morgan fingerprint density at radius 2 is 1.90 bits per heavy atom. The molecule has 2 heterocycles. The van der Waals surface area contributed by atoms with Crippen LogP contribution in [0.2, 0.25) is 0 Å². The summed E-state index contributed by atoms with van der Waals surface area (Å²) in [6.07, 6.45) is 3.54. The molecule has 0 fully saturated rings. The molecule has 0 aliphatic rings. The smallest absolute Gasteiger partial charge is 0.134 e. The van der Waals surface area contributed by atoms with Crippen LogP contribution in [0.25, 0.3) is 10.8 Å². The summed E-state index contributed by atoms with van der Waals surface area (Å²) in [5.41, 5.74) is 0.934. The average Bonchev–Trinajstić information content (AvgIpc) is 2.52. The first-order valence-electron chi connectivity index (χ1n) is 6.72. The fraction of sp³-hybridized carbons (Fsp3) is 0.188. The highest BCUT2D eigenvalue weighted by molar-refractivity contribution is 5.95. The summed E-state index contributed by atoms with van der Waals surface area (Å²) < 4.78 is 5.38. The van der Waals surface area contributed by atoms with Crippen molar-refractivity contribution < 1.29 is 4.74 Å². The van der Waals surface area contributed by atoms with Crippen LogP contribution in [-0.4, -0.2) is 22.1 Å². The Balaban J connectivity index is 1.91. The van der Waals surface area contributed by atoms with Gasteiger partial charge in [0.05, 0.1) is 19.3 Å². The van der Waals surface area contributed by atoms with Crippen molar-refractivity contribution in [1.29, 1.82) is 0 Å². The molecule has 0 saturated heterocycles. The van der Waals surface area contributed by atoms with Crippen LogP contribution in [0.3, 0.4) is 0 Å². The second kappa shape index (κ2) is 5.75. The molecule has 0 unspecified atom stereocenters. The molecule has 3 rings (SSSR count). The molecule has 0 atom stereocenters. The van der Waals surface area contributed by atoms with E-state index in [0.717, 1.165) is 33.9 Å². The number of aryl methyl sites for hydroxylation is 1. The van der Waals surface area contributed by atoms with Gasteiger partial charge in [-0.05, 0) is 25.1 Å². The van der Waals surface area contributed by atoms with Crippen molar-refractivity contribution in [3.05, 3.63) is 54.2 Å². The number of nitrogens with zero attached hydrogens (tertiary/aromatic N) is 3. The minimum atomic E-state index is 0.604. The van der Waals surface area contributed by atoms with Gasteiger partial charge >= 0.3 is 0 Å². The van der Waals surface area contributed by atoms with Crippen LogP contribution in [0.5, 0.6) is 5.75 Å². The summed E-state index contributed by atoms with van der Waals surface area (Å²) >= 11 is 0. The molecule has 1 aromatic carbocycles. The van der Waals surface area contributed by atoms with E-state index >= 15 is 0 Å². The van der Waals surface area contributed by atoms with E-state index in [1.807, 2.05) is 37.3 Å². The molecule has 0 bridgehead atoms. The summed E-state index contributed by atoms with van der Waals surface area (Å²) in [5.74, 6) is 2.43. The number of methoxy groups -OCH3 is 1. The summed E-state index contributed by atoms with van der Waals surface area (Å²) in [4.78, 5) is 12.9. The van der Waals surface area contributed by atoms with Gasteiger partial charge in [-0.15, -0.1) is 0 Å². The molecule has 106 valence electrons. The van der Waals surface area contributed by atoms with Gasteiger partial charge in [-0.25, -0.2) is 15.0 Å². The van der Waals surface area contributed by atoms with Gasteiger partial charge in [0.1, 0.15) is 17.4 Å². The van der Waals surface area contributed by atoms with Gasteiger partial charge in [-0.3, -0.25) is 0 Å². The number of rotatable bonds is 4. The predicted octanol–water partition coefficient (Wildman–Crippen LogP) is 2.95. The quantitative estimate of drug-likeness (QED) is 0.796. The van der Waals surface area contributed by atoms with Gasteiger partial charge in [0.2, 0.25) is 0 Å². The molecular weight excluding hydrogens is 264 g/mol.